The molecule has 10 aromatic carbocycles. The first kappa shape index (κ1) is 34.8. The Bertz CT molecular complexity index is 3380. The van der Waals surface area contributed by atoms with E-state index in [4.69, 9.17) is 0 Å². The van der Waals surface area contributed by atoms with E-state index in [1.807, 2.05) is 11.3 Å². The average molecular weight is 782 g/mol. The van der Waals surface area contributed by atoms with Gasteiger partial charge in [0.25, 0.3) is 0 Å². The number of hydrogen-bond donors (Lipinski definition) is 0. The SMILES string of the molecule is Cc1cccc2c1-c1c(ccc3c1sc1c(N(c4ccc(-c5ccccc5)cc4)c4cc5ccccc5c5ccccc45)cccc13)C2(c1ccccc1)c1ccccc1. The highest BCUT2D eigenvalue weighted by Crippen LogP contribution is 2.60. The zero-order valence-corrected chi connectivity index (χ0v) is 34.0. The summed E-state index contributed by atoms with van der Waals surface area (Å²) in [7, 11) is 0. The molecule has 0 bridgehead atoms. The lowest BCUT2D eigenvalue weighted by molar-refractivity contribution is 0.769. The molecule has 0 fully saturated rings. The molecule has 11 aromatic rings. The van der Waals surface area contributed by atoms with Crippen molar-refractivity contribution < 1.29 is 0 Å². The van der Waals surface area contributed by atoms with Gasteiger partial charge in [-0.3, -0.25) is 0 Å². The Kier molecular flexibility index (Phi) is 7.91. The van der Waals surface area contributed by atoms with E-state index in [9.17, 15) is 0 Å². The van der Waals surface area contributed by atoms with Crippen LogP contribution in [0.3, 0.4) is 0 Å². The van der Waals surface area contributed by atoms with Gasteiger partial charge < -0.3 is 4.90 Å². The normalized spacial score (nSPS) is 12.9. The van der Waals surface area contributed by atoms with Gasteiger partial charge in [0.1, 0.15) is 0 Å². The van der Waals surface area contributed by atoms with E-state index in [2.05, 4.69) is 230 Å². The maximum absolute atomic E-state index is 2.51. The number of thiophene rings is 1. The van der Waals surface area contributed by atoms with E-state index in [0.717, 1.165) is 5.69 Å². The van der Waals surface area contributed by atoms with Gasteiger partial charge in [0.15, 0.2) is 0 Å². The predicted octanol–water partition coefficient (Wildman–Crippen LogP) is 16.2. The highest BCUT2D eigenvalue weighted by atomic mass is 32.1. The Morgan fingerprint density at radius 1 is 0.383 bits per heavy atom. The molecule has 0 spiro atoms. The Labute approximate surface area is 354 Å². The Morgan fingerprint density at radius 2 is 0.950 bits per heavy atom. The zero-order chi connectivity index (χ0) is 39.8. The number of aryl methyl sites for hydroxylation is 1. The van der Waals surface area contributed by atoms with Crippen LogP contribution < -0.4 is 4.90 Å². The van der Waals surface area contributed by atoms with Crippen LogP contribution in [-0.4, -0.2) is 0 Å². The maximum atomic E-state index is 2.51. The quantitative estimate of drug-likeness (QED) is 0.152. The van der Waals surface area contributed by atoms with Crippen LogP contribution >= 0.6 is 11.3 Å². The standard InChI is InChI=1S/C58H39NS/c1-38-17-15-29-50-54(38)55-51(58(50,42-21-7-3-8-22-42)43-23-9-4-10-24-43)36-35-49-48-28-16-30-52(56(48)60-57(49)55)59(44-33-31-40(32-34-44)39-18-5-2-6-19-39)53-37-41-20-11-12-25-45(41)46-26-13-14-27-47(46)53/h2-37H,1H3. The Balaban J connectivity index is 1.16. The monoisotopic (exact) mass is 781 g/mol. The van der Waals surface area contributed by atoms with Gasteiger partial charge in [-0.15, -0.1) is 11.3 Å². The van der Waals surface area contributed by atoms with Crippen molar-refractivity contribution in [3.8, 4) is 22.3 Å². The number of nitrogens with zero attached hydrogens (tertiary/aromatic N) is 1. The van der Waals surface area contributed by atoms with Gasteiger partial charge in [-0.25, -0.2) is 0 Å². The summed E-state index contributed by atoms with van der Waals surface area (Å²) in [5, 5.41) is 7.54. The molecule has 0 amide bonds. The first-order chi connectivity index (χ1) is 29.7. The van der Waals surface area contributed by atoms with Crippen molar-refractivity contribution in [2.24, 2.45) is 0 Å². The van der Waals surface area contributed by atoms with E-state index >= 15 is 0 Å². The molecule has 12 rings (SSSR count). The molecule has 2 heteroatoms. The van der Waals surface area contributed by atoms with E-state index in [0.29, 0.717) is 0 Å². The fourth-order valence-corrected chi connectivity index (χ4v) is 11.6. The molecule has 0 atom stereocenters. The van der Waals surface area contributed by atoms with Crippen LogP contribution in [0.1, 0.15) is 27.8 Å². The summed E-state index contributed by atoms with van der Waals surface area (Å²) in [6.45, 7) is 2.29. The molecular formula is C58H39NS. The molecule has 282 valence electrons. The predicted molar refractivity (Wildman–Crippen MR) is 257 cm³/mol. The van der Waals surface area contributed by atoms with E-state index in [1.165, 1.54) is 103 Å². The molecule has 0 saturated heterocycles. The van der Waals surface area contributed by atoms with Crippen LogP contribution in [0.2, 0.25) is 0 Å². The fourth-order valence-electron chi connectivity index (χ4n) is 10.3. The first-order valence-electron chi connectivity index (χ1n) is 20.8. The number of rotatable bonds is 6. The van der Waals surface area contributed by atoms with Gasteiger partial charge in [-0.1, -0.05) is 194 Å². The topological polar surface area (TPSA) is 3.24 Å². The second-order valence-corrected chi connectivity index (χ2v) is 17.0. The fraction of sp³-hybridized carbons (Fsp3) is 0.0345. The molecule has 60 heavy (non-hydrogen) atoms. The number of fused-ring (bicyclic) bond motifs is 10. The van der Waals surface area contributed by atoms with Crippen LogP contribution in [0.15, 0.2) is 218 Å². The van der Waals surface area contributed by atoms with Crippen molar-refractivity contribution in [1.82, 2.24) is 0 Å². The average Bonchev–Trinajstić information content (AvgIpc) is 3.86. The van der Waals surface area contributed by atoms with Gasteiger partial charge in [0.05, 0.1) is 21.5 Å². The molecule has 1 aliphatic carbocycles. The highest BCUT2D eigenvalue weighted by Gasteiger charge is 2.47. The Morgan fingerprint density at radius 3 is 1.68 bits per heavy atom. The third kappa shape index (κ3) is 5.05. The summed E-state index contributed by atoms with van der Waals surface area (Å²) in [5.74, 6) is 0. The van der Waals surface area contributed by atoms with Crippen molar-refractivity contribution >= 4 is 70.1 Å². The number of benzene rings is 10. The third-order valence-corrected chi connectivity index (χ3v) is 14.1. The van der Waals surface area contributed by atoms with Crippen LogP contribution in [-0.2, 0) is 5.41 Å². The first-order valence-corrected chi connectivity index (χ1v) is 21.6. The molecule has 0 saturated carbocycles. The van der Waals surface area contributed by atoms with E-state index < -0.39 is 5.41 Å². The lowest BCUT2D eigenvalue weighted by atomic mass is 9.67. The molecule has 0 radical (unpaired) electrons. The number of hydrogen-bond acceptors (Lipinski definition) is 2. The van der Waals surface area contributed by atoms with Crippen LogP contribution in [0.4, 0.5) is 17.1 Å². The second-order valence-electron chi connectivity index (χ2n) is 16.0. The van der Waals surface area contributed by atoms with Crippen molar-refractivity contribution in [2.75, 3.05) is 4.90 Å². The molecule has 0 unspecified atom stereocenters. The second kappa shape index (κ2) is 13.7. The zero-order valence-electron chi connectivity index (χ0n) is 33.1. The number of anilines is 3. The minimum Gasteiger partial charge on any atom is -0.308 e. The Hall–Kier alpha value is -7.26. The van der Waals surface area contributed by atoms with Gasteiger partial charge >= 0.3 is 0 Å². The highest BCUT2D eigenvalue weighted by molar-refractivity contribution is 7.27. The molecule has 1 aromatic heterocycles. The van der Waals surface area contributed by atoms with E-state index in [1.54, 1.807) is 0 Å². The van der Waals surface area contributed by atoms with Crippen molar-refractivity contribution in [3.63, 3.8) is 0 Å². The lowest BCUT2D eigenvalue weighted by Gasteiger charge is -2.34. The van der Waals surface area contributed by atoms with Crippen LogP contribution in [0.25, 0.3) is 64.0 Å². The summed E-state index contributed by atoms with van der Waals surface area (Å²) in [6.07, 6.45) is 0. The minimum absolute atomic E-state index is 0.455. The largest absolute Gasteiger partial charge is 0.308 e. The van der Waals surface area contributed by atoms with Gasteiger partial charge in [0, 0.05) is 32.1 Å². The van der Waals surface area contributed by atoms with Crippen molar-refractivity contribution in [3.05, 3.63) is 246 Å². The minimum atomic E-state index is -0.455. The smallest absolute Gasteiger partial charge is 0.0714 e. The van der Waals surface area contributed by atoms with E-state index in [-0.39, 0.29) is 0 Å². The summed E-state index contributed by atoms with van der Waals surface area (Å²) >= 11 is 1.94. The maximum Gasteiger partial charge on any atom is 0.0714 e. The molecule has 1 aliphatic rings. The van der Waals surface area contributed by atoms with Gasteiger partial charge in [0.2, 0.25) is 0 Å². The van der Waals surface area contributed by atoms with Gasteiger partial charge in [-0.2, -0.15) is 0 Å². The van der Waals surface area contributed by atoms with Gasteiger partial charge in [-0.05, 0) is 91.9 Å². The van der Waals surface area contributed by atoms with Crippen molar-refractivity contribution in [1.29, 1.82) is 0 Å². The molecule has 0 N–H and O–H groups in total. The van der Waals surface area contributed by atoms with Crippen LogP contribution in [0.5, 0.6) is 0 Å². The third-order valence-electron chi connectivity index (χ3n) is 12.9. The lowest BCUT2D eigenvalue weighted by Crippen LogP contribution is -2.28. The summed E-state index contributed by atoms with van der Waals surface area (Å²) in [5.41, 5.74) is 14.7. The van der Waals surface area contributed by atoms with Crippen LogP contribution in [0, 0.1) is 6.92 Å². The summed E-state index contributed by atoms with van der Waals surface area (Å²) in [6, 6.07) is 80.8. The summed E-state index contributed by atoms with van der Waals surface area (Å²) in [4.78, 5) is 2.51. The molecular weight excluding hydrogens is 743 g/mol. The molecule has 1 nitrogen and oxygen atoms in total. The summed E-state index contributed by atoms with van der Waals surface area (Å²) < 4.78 is 2.61. The molecule has 1 heterocycles. The molecule has 0 aliphatic heterocycles. The van der Waals surface area contributed by atoms with Crippen molar-refractivity contribution in [2.45, 2.75) is 12.3 Å².